The molecule has 0 aliphatic rings. The molecule has 0 fully saturated rings. The minimum absolute atomic E-state index is 0.0705. The fourth-order valence-electron chi connectivity index (χ4n) is 1.53. The molecular formula is C14H17BrN2OS. The molecule has 0 bridgehead atoms. The number of ether oxygens (including phenoxy) is 1. The number of halogens is 1. The lowest BCUT2D eigenvalue weighted by atomic mass is 9.93. The van der Waals surface area contributed by atoms with E-state index < -0.39 is 0 Å². The van der Waals surface area contributed by atoms with Crippen LogP contribution in [0.4, 0.5) is 5.69 Å². The Hall–Kier alpha value is -1.07. The van der Waals surface area contributed by atoms with Crippen molar-refractivity contribution < 1.29 is 4.74 Å². The minimum atomic E-state index is 0.0705. The van der Waals surface area contributed by atoms with Crippen LogP contribution >= 0.6 is 27.3 Å². The summed E-state index contributed by atoms with van der Waals surface area (Å²) in [5.41, 5.74) is 7.68. The maximum atomic E-state index is 5.89. The zero-order valence-corrected chi connectivity index (χ0v) is 13.6. The van der Waals surface area contributed by atoms with E-state index in [4.69, 9.17) is 10.5 Å². The van der Waals surface area contributed by atoms with E-state index in [1.807, 2.05) is 18.2 Å². The highest BCUT2D eigenvalue weighted by Crippen LogP contribution is 2.32. The van der Waals surface area contributed by atoms with Crippen LogP contribution < -0.4 is 10.5 Å². The Bertz CT molecular complexity index is 555. The normalized spacial score (nSPS) is 11.6. The van der Waals surface area contributed by atoms with E-state index in [1.54, 1.807) is 11.3 Å². The number of para-hydroxylation sites is 1. The predicted molar refractivity (Wildman–Crippen MR) is 83.7 cm³/mol. The molecule has 1 aromatic heterocycles. The largest absolute Gasteiger partial charge is 0.483 e. The molecule has 2 N–H and O–H groups in total. The van der Waals surface area contributed by atoms with E-state index in [2.05, 4.69) is 47.1 Å². The second kappa shape index (κ2) is 5.51. The number of anilines is 1. The summed E-state index contributed by atoms with van der Waals surface area (Å²) < 4.78 is 6.62. The quantitative estimate of drug-likeness (QED) is 0.844. The Morgan fingerprint density at radius 1 is 1.37 bits per heavy atom. The van der Waals surface area contributed by atoms with Crippen LogP contribution in [0.2, 0.25) is 0 Å². The molecule has 1 aromatic carbocycles. The SMILES string of the molecule is CC(C)(C)c1csc(COc2c(N)cccc2Br)n1. The van der Waals surface area contributed by atoms with Gasteiger partial charge in [0.1, 0.15) is 11.6 Å². The van der Waals surface area contributed by atoms with Crippen LogP contribution in [0.25, 0.3) is 0 Å². The third-order valence-electron chi connectivity index (χ3n) is 2.66. The molecule has 0 unspecified atom stereocenters. The first-order valence-corrected chi connectivity index (χ1v) is 7.67. The predicted octanol–water partition coefficient (Wildman–Crippen LogP) is 4.36. The number of hydrogen-bond donors (Lipinski definition) is 1. The van der Waals surface area contributed by atoms with Crippen LogP contribution in [-0.4, -0.2) is 4.98 Å². The van der Waals surface area contributed by atoms with Crippen molar-refractivity contribution in [3.8, 4) is 5.75 Å². The second-order valence-corrected chi connectivity index (χ2v) is 7.12. The fraction of sp³-hybridized carbons (Fsp3) is 0.357. The first kappa shape index (κ1) is 14.3. The van der Waals surface area contributed by atoms with Gasteiger partial charge in [0, 0.05) is 10.8 Å². The number of nitrogen functional groups attached to an aromatic ring is 1. The molecule has 0 aliphatic heterocycles. The summed E-state index contributed by atoms with van der Waals surface area (Å²) in [6.07, 6.45) is 0. The topological polar surface area (TPSA) is 48.1 Å². The lowest BCUT2D eigenvalue weighted by Crippen LogP contribution is -2.11. The standard InChI is InChI=1S/C14H17BrN2OS/c1-14(2,3)11-8-19-12(17-11)7-18-13-9(15)5-4-6-10(13)16/h4-6,8H,7,16H2,1-3H3. The smallest absolute Gasteiger partial charge is 0.156 e. The zero-order valence-electron chi connectivity index (χ0n) is 11.2. The second-order valence-electron chi connectivity index (χ2n) is 5.32. The molecule has 0 saturated heterocycles. The molecule has 0 saturated carbocycles. The lowest BCUT2D eigenvalue weighted by Gasteiger charge is -2.14. The van der Waals surface area contributed by atoms with Crippen molar-refractivity contribution in [1.29, 1.82) is 0 Å². The van der Waals surface area contributed by atoms with Gasteiger partial charge in [-0.05, 0) is 28.1 Å². The summed E-state index contributed by atoms with van der Waals surface area (Å²) in [5, 5.41) is 3.04. The lowest BCUT2D eigenvalue weighted by molar-refractivity contribution is 0.304. The van der Waals surface area contributed by atoms with Crippen molar-refractivity contribution >= 4 is 33.0 Å². The van der Waals surface area contributed by atoms with Gasteiger partial charge in [-0.3, -0.25) is 0 Å². The molecule has 0 aliphatic carbocycles. The van der Waals surface area contributed by atoms with Crippen molar-refractivity contribution in [2.45, 2.75) is 32.8 Å². The maximum Gasteiger partial charge on any atom is 0.156 e. The van der Waals surface area contributed by atoms with Crippen LogP contribution in [0.1, 0.15) is 31.5 Å². The Kier molecular flexibility index (Phi) is 4.16. The Morgan fingerprint density at radius 3 is 2.68 bits per heavy atom. The molecule has 2 rings (SSSR count). The molecule has 0 spiro atoms. The molecule has 1 heterocycles. The number of aromatic nitrogens is 1. The summed E-state index contributed by atoms with van der Waals surface area (Å²) in [6.45, 7) is 6.89. The van der Waals surface area contributed by atoms with Gasteiger partial charge in [-0.25, -0.2) is 4.98 Å². The van der Waals surface area contributed by atoms with Crippen LogP contribution in [0.3, 0.4) is 0 Å². The Balaban J connectivity index is 2.09. The number of nitrogens with zero attached hydrogens (tertiary/aromatic N) is 1. The third kappa shape index (κ3) is 3.48. The van der Waals surface area contributed by atoms with Gasteiger partial charge >= 0.3 is 0 Å². The molecule has 0 atom stereocenters. The molecular weight excluding hydrogens is 324 g/mol. The van der Waals surface area contributed by atoms with Crippen LogP contribution in [0.5, 0.6) is 5.75 Å². The highest BCUT2D eigenvalue weighted by Gasteiger charge is 2.17. The van der Waals surface area contributed by atoms with E-state index in [-0.39, 0.29) is 5.41 Å². The van der Waals surface area contributed by atoms with Gasteiger partial charge in [0.15, 0.2) is 5.75 Å². The van der Waals surface area contributed by atoms with Crippen LogP contribution in [0, 0.1) is 0 Å². The zero-order chi connectivity index (χ0) is 14.0. The molecule has 19 heavy (non-hydrogen) atoms. The Morgan fingerprint density at radius 2 is 2.11 bits per heavy atom. The minimum Gasteiger partial charge on any atom is -0.483 e. The van der Waals surface area contributed by atoms with Crippen molar-refractivity contribution in [3.63, 3.8) is 0 Å². The van der Waals surface area contributed by atoms with Crippen molar-refractivity contribution in [3.05, 3.63) is 38.8 Å². The van der Waals surface area contributed by atoms with E-state index in [0.717, 1.165) is 15.2 Å². The molecule has 5 heteroatoms. The summed E-state index contributed by atoms with van der Waals surface area (Å²) in [4.78, 5) is 4.59. The van der Waals surface area contributed by atoms with Gasteiger partial charge in [0.2, 0.25) is 0 Å². The van der Waals surface area contributed by atoms with Gasteiger partial charge in [-0.1, -0.05) is 26.8 Å². The fourth-order valence-corrected chi connectivity index (χ4v) is 2.96. The van der Waals surface area contributed by atoms with Crippen molar-refractivity contribution in [2.75, 3.05) is 5.73 Å². The van der Waals surface area contributed by atoms with Gasteiger partial charge in [-0.15, -0.1) is 11.3 Å². The monoisotopic (exact) mass is 340 g/mol. The summed E-state index contributed by atoms with van der Waals surface area (Å²) in [5.74, 6) is 0.676. The van der Waals surface area contributed by atoms with Gasteiger partial charge < -0.3 is 10.5 Å². The van der Waals surface area contributed by atoms with Crippen LogP contribution in [0.15, 0.2) is 28.1 Å². The van der Waals surface area contributed by atoms with Crippen molar-refractivity contribution in [2.24, 2.45) is 0 Å². The maximum absolute atomic E-state index is 5.89. The van der Waals surface area contributed by atoms with Gasteiger partial charge in [0.25, 0.3) is 0 Å². The first-order chi connectivity index (χ1) is 8.88. The van der Waals surface area contributed by atoms with Crippen LogP contribution in [-0.2, 0) is 12.0 Å². The average Bonchev–Trinajstić information content (AvgIpc) is 2.77. The Labute approximate surface area is 125 Å². The average molecular weight is 341 g/mol. The molecule has 102 valence electrons. The van der Waals surface area contributed by atoms with Gasteiger partial charge in [0.05, 0.1) is 15.9 Å². The van der Waals surface area contributed by atoms with Crippen molar-refractivity contribution in [1.82, 2.24) is 4.98 Å². The molecule has 0 radical (unpaired) electrons. The first-order valence-electron chi connectivity index (χ1n) is 5.99. The highest BCUT2D eigenvalue weighted by molar-refractivity contribution is 9.10. The molecule has 3 nitrogen and oxygen atoms in total. The molecule has 2 aromatic rings. The third-order valence-corrected chi connectivity index (χ3v) is 4.10. The van der Waals surface area contributed by atoms with E-state index >= 15 is 0 Å². The number of hydrogen-bond acceptors (Lipinski definition) is 4. The number of nitrogens with two attached hydrogens (primary N) is 1. The molecule has 0 amide bonds. The highest BCUT2D eigenvalue weighted by atomic mass is 79.9. The summed E-state index contributed by atoms with van der Waals surface area (Å²) >= 11 is 5.05. The summed E-state index contributed by atoms with van der Waals surface area (Å²) in [6, 6.07) is 5.62. The van der Waals surface area contributed by atoms with E-state index in [9.17, 15) is 0 Å². The van der Waals surface area contributed by atoms with E-state index in [1.165, 1.54) is 0 Å². The van der Waals surface area contributed by atoms with E-state index in [0.29, 0.717) is 18.0 Å². The number of benzene rings is 1. The summed E-state index contributed by atoms with van der Waals surface area (Å²) in [7, 11) is 0. The number of thiazole rings is 1. The number of rotatable bonds is 3. The van der Waals surface area contributed by atoms with Gasteiger partial charge in [-0.2, -0.15) is 0 Å².